The first kappa shape index (κ1) is 11.9. The maximum atomic E-state index is 13.1. The second-order valence-electron chi connectivity index (χ2n) is 5.15. The zero-order chi connectivity index (χ0) is 12.3. The van der Waals surface area contributed by atoms with Crippen molar-refractivity contribution >= 4 is 12.7 Å². The van der Waals surface area contributed by atoms with Crippen LogP contribution in [0.3, 0.4) is 0 Å². The zero-order valence-corrected chi connectivity index (χ0v) is 10.6. The minimum atomic E-state index is -0.326. The van der Waals surface area contributed by atoms with Crippen LogP contribution in [0.1, 0.15) is 23.9 Å². The second kappa shape index (κ2) is 5.18. The van der Waals surface area contributed by atoms with Gasteiger partial charge in [0.1, 0.15) is 5.82 Å². The predicted molar refractivity (Wildman–Crippen MR) is 74.2 cm³/mol. The van der Waals surface area contributed by atoms with Gasteiger partial charge in [0.05, 0.1) is 0 Å². The molecule has 0 amide bonds. The van der Waals surface area contributed by atoms with Gasteiger partial charge in [-0.05, 0) is 13.0 Å². The summed E-state index contributed by atoms with van der Waals surface area (Å²) in [6.07, 6.45) is 0. The third-order valence-corrected chi connectivity index (χ3v) is 3.49. The molecule has 0 saturated carbocycles. The molecule has 0 aliphatic carbocycles. The lowest BCUT2D eigenvalue weighted by Crippen LogP contribution is -2.20. The third kappa shape index (κ3) is 3.19. The van der Waals surface area contributed by atoms with Gasteiger partial charge in [-0.2, -0.15) is 0 Å². The van der Waals surface area contributed by atoms with Crippen molar-refractivity contribution in [2.24, 2.45) is 0 Å². The molecule has 2 rings (SSSR count). The van der Waals surface area contributed by atoms with E-state index < -0.39 is 0 Å². The van der Waals surface area contributed by atoms with Crippen LogP contribution in [0.4, 0.5) is 4.39 Å². The van der Waals surface area contributed by atoms with E-state index in [-0.39, 0.29) is 13.1 Å². The van der Waals surface area contributed by atoms with Crippen molar-refractivity contribution < 1.29 is 4.39 Å². The van der Waals surface area contributed by atoms with Crippen LogP contribution >= 0.6 is 0 Å². The van der Waals surface area contributed by atoms with E-state index >= 15 is 0 Å². The maximum Gasteiger partial charge on any atom is 0.120 e. The number of aryl methyl sites for hydroxylation is 1. The summed E-state index contributed by atoms with van der Waals surface area (Å²) in [5.41, 5.74) is 3.82. The topological polar surface area (TPSA) is 0 Å². The minimum absolute atomic E-state index is 0.123. The molecule has 0 radical (unpaired) electrons. The van der Waals surface area contributed by atoms with E-state index in [0.717, 1.165) is 0 Å². The highest BCUT2D eigenvalue weighted by Crippen LogP contribution is 2.14. The lowest BCUT2D eigenvalue weighted by molar-refractivity contribution is 0.629. The predicted octanol–water partition coefficient (Wildman–Crippen LogP) is 2.69. The molecule has 0 N–H and O–H groups in total. The first-order valence-corrected chi connectivity index (χ1v) is 6.28. The standard InChI is InChI=1S/C15H17BF/c1-11-6-8-13(9-7-11)12(2)16-14-4-3-5-15(17)10-14/h3-10,12H,16H2,1-2H3/q-1. The second-order valence-corrected chi connectivity index (χ2v) is 5.15. The fourth-order valence-electron chi connectivity index (χ4n) is 2.40. The molecule has 0 bridgehead atoms. The van der Waals surface area contributed by atoms with Gasteiger partial charge in [0.2, 0.25) is 0 Å². The van der Waals surface area contributed by atoms with Gasteiger partial charge in [-0.3, -0.25) is 0 Å². The molecule has 0 aromatic heterocycles. The van der Waals surface area contributed by atoms with Crippen molar-refractivity contribution in [3.63, 3.8) is 0 Å². The molecule has 0 heterocycles. The molecule has 2 aromatic rings. The molecule has 1 atom stereocenters. The fraction of sp³-hybridized carbons (Fsp3) is 0.200. The Morgan fingerprint density at radius 1 is 1.06 bits per heavy atom. The van der Waals surface area contributed by atoms with Gasteiger partial charge in [0.25, 0.3) is 0 Å². The largest absolute Gasteiger partial charge is 0.214 e. The van der Waals surface area contributed by atoms with Gasteiger partial charge in [-0.25, -0.2) is 9.85 Å². The smallest absolute Gasteiger partial charge is 0.120 e. The highest BCUT2D eigenvalue weighted by Gasteiger charge is 2.01. The highest BCUT2D eigenvalue weighted by molar-refractivity contribution is 6.54. The molecule has 0 aliphatic heterocycles. The Hall–Kier alpha value is -1.57. The Balaban J connectivity index is 2.11. The van der Waals surface area contributed by atoms with Crippen LogP contribution in [0.5, 0.6) is 0 Å². The van der Waals surface area contributed by atoms with Crippen molar-refractivity contribution in [3.8, 4) is 0 Å². The van der Waals surface area contributed by atoms with Crippen molar-refractivity contribution in [1.82, 2.24) is 0 Å². The zero-order valence-electron chi connectivity index (χ0n) is 10.6. The van der Waals surface area contributed by atoms with Crippen molar-refractivity contribution in [2.45, 2.75) is 19.7 Å². The van der Waals surface area contributed by atoms with E-state index in [9.17, 15) is 4.39 Å². The molecule has 0 aliphatic rings. The third-order valence-electron chi connectivity index (χ3n) is 3.49. The summed E-state index contributed by atoms with van der Waals surface area (Å²) in [5.74, 6) is 0.416. The molecular formula is C15H17BF-. The van der Waals surface area contributed by atoms with Crippen molar-refractivity contribution in [3.05, 3.63) is 65.5 Å². The quantitative estimate of drug-likeness (QED) is 0.707. The average Bonchev–Trinajstić information content (AvgIpc) is 2.29. The van der Waals surface area contributed by atoms with E-state index in [0.29, 0.717) is 5.82 Å². The van der Waals surface area contributed by atoms with Gasteiger partial charge >= 0.3 is 0 Å². The SMILES string of the molecule is Cc1ccc(C(C)[BH2-]c2cccc(F)c2)cc1. The molecule has 17 heavy (non-hydrogen) atoms. The number of rotatable bonds is 3. The molecule has 0 spiro atoms. The Morgan fingerprint density at radius 3 is 2.41 bits per heavy atom. The number of hydrogen-bond acceptors (Lipinski definition) is 0. The van der Waals surface area contributed by atoms with E-state index in [1.807, 2.05) is 6.07 Å². The van der Waals surface area contributed by atoms with Crippen LogP contribution in [0.15, 0.2) is 48.5 Å². The summed E-state index contributed by atoms with van der Waals surface area (Å²) >= 11 is 0. The highest BCUT2D eigenvalue weighted by atomic mass is 19.1. The molecule has 2 aromatic carbocycles. The van der Waals surface area contributed by atoms with Gasteiger partial charge in [0.15, 0.2) is 0 Å². The van der Waals surface area contributed by atoms with Gasteiger partial charge in [-0.15, -0.1) is 5.82 Å². The number of halogens is 1. The minimum Gasteiger partial charge on any atom is -0.214 e. The summed E-state index contributed by atoms with van der Waals surface area (Å²) in [5, 5.41) is 0. The van der Waals surface area contributed by atoms with E-state index in [4.69, 9.17) is 0 Å². The maximum absolute atomic E-state index is 13.1. The normalized spacial score (nSPS) is 12.4. The number of benzene rings is 2. The summed E-state index contributed by atoms with van der Waals surface area (Å²) in [6.45, 7) is 4.33. The molecule has 0 saturated heterocycles. The summed E-state index contributed by atoms with van der Waals surface area (Å²) < 4.78 is 13.1. The molecule has 1 unspecified atom stereocenters. The van der Waals surface area contributed by atoms with Crippen LogP contribution in [-0.2, 0) is 0 Å². The van der Waals surface area contributed by atoms with Gasteiger partial charge in [-0.1, -0.05) is 60.5 Å². The Bertz CT molecular complexity index is 491. The Kier molecular flexibility index (Phi) is 3.63. The van der Waals surface area contributed by atoms with Crippen molar-refractivity contribution in [1.29, 1.82) is 0 Å². The van der Waals surface area contributed by atoms with Crippen molar-refractivity contribution in [2.75, 3.05) is 0 Å². The molecular weight excluding hydrogens is 210 g/mol. The van der Waals surface area contributed by atoms with Crippen LogP contribution in [0.2, 0.25) is 0 Å². The van der Waals surface area contributed by atoms with E-state index in [2.05, 4.69) is 38.1 Å². The summed E-state index contributed by atoms with van der Waals surface area (Å²) in [4.78, 5) is 0. The average molecular weight is 227 g/mol. The lowest BCUT2D eigenvalue weighted by Gasteiger charge is -2.18. The first-order chi connectivity index (χ1) is 8.15. The Morgan fingerprint density at radius 2 is 1.76 bits per heavy atom. The molecule has 0 fully saturated rings. The number of hydrogen-bond donors (Lipinski definition) is 0. The summed E-state index contributed by atoms with van der Waals surface area (Å²) in [6, 6.07) is 15.7. The van der Waals surface area contributed by atoms with E-state index in [1.54, 1.807) is 12.1 Å². The summed E-state index contributed by atoms with van der Waals surface area (Å²) in [7, 11) is -0.326. The monoisotopic (exact) mass is 227 g/mol. The van der Waals surface area contributed by atoms with Gasteiger partial charge in [0, 0.05) is 7.28 Å². The molecule has 0 nitrogen and oxygen atoms in total. The fourth-order valence-corrected chi connectivity index (χ4v) is 2.40. The molecule has 88 valence electrons. The van der Waals surface area contributed by atoms with Crippen LogP contribution in [-0.4, -0.2) is 7.28 Å². The van der Waals surface area contributed by atoms with E-state index in [1.165, 1.54) is 22.7 Å². The first-order valence-electron chi connectivity index (χ1n) is 6.28. The van der Waals surface area contributed by atoms with Crippen LogP contribution in [0, 0.1) is 12.7 Å². The van der Waals surface area contributed by atoms with Gasteiger partial charge < -0.3 is 0 Å². The molecule has 2 heteroatoms. The van der Waals surface area contributed by atoms with Crippen LogP contribution < -0.4 is 5.46 Å². The van der Waals surface area contributed by atoms with Crippen LogP contribution in [0.25, 0.3) is 0 Å². The Labute approximate surface area is 103 Å². The lowest BCUT2D eigenvalue weighted by atomic mass is 9.57.